The molecule has 0 saturated carbocycles. The Labute approximate surface area is 107 Å². The van der Waals surface area contributed by atoms with E-state index in [1.165, 1.54) is 0 Å². The first kappa shape index (κ1) is 14.7. The fourth-order valence-electron chi connectivity index (χ4n) is 1.80. The molecule has 0 spiro atoms. The van der Waals surface area contributed by atoms with Crippen LogP contribution in [0.5, 0.6) is 0 Å². The third-order valence-electron chi connectivity index (χ3n) is 2.74. The van der Waals surface area contributed by atoms with Crippen LogP contribution < -0.4 is 16.6 Å². The molecule has 0 atom stereocenters. The minimum Gasteiger partial charge on any atom is -0.464 e. The first-order chi connectivity index (χ1) is 8.58. The van der Waals surface area contributed by atoms with Crippen LogP contribution in [0.2, 0.25) is 0 Å². The summed E-state index contributed by atoms with van der Waals surface area (Å²) in [5, 5.41) is 3.11. The molecule has 1 amide bonds. The number of carbonyl (C=O) groups excluding carboxylic acids is 1. The Balaban J connectivity index is 2.54. The van der Waals surface area contributed by atoms with E-state index >= 15 is 0 Å². The molecule has 1 rings (SSSR count). The molecule has 6 heteroatoms. The number of hydrazine groups is 1. The number of nitrogens with one attached hydrogen (secondary N) is 2. The predicted octanol–water partition coefficient (Wildman–Crippen LogP) is 0.233. The summed E-state index contributed by atoms with van der Waals surface area (Å²) < 4.78 is 5.54. The van der Waals surface area contributed by atoms with Crippen molar-refractivity contribution in [2.75, 3.05) is 27.2 Å². The van der Waals surface area contributed by atoms with E-state index in [-0.39, 0.29) is 5.91 Å². The van der Waals surface area contributed by atoms with Gasteiger partial charge in [-0.05, 0) is 46.6 Å². The van der Waals surface area contributed by atoms with Crippen molar-refractivity contribution in [3.05, 3.63) is 23.2 Å². The number of rotatable bonds is 7. The van der Waals surface area contributed by atoms with Crippen LogP contribution in [0.4, 0.5) is 0 Å². The minimum absolute atomic E-state index is 0.319. The van der Waals surface area contributed by atoms with Gasteiger partial charge in [-0.1, -0.05) is 0 Å². The van der Waals surface area contributed by atoms with E-state index in [1.807, 2.05) is 14.1 Å². The number of aryl methyl sites for hydroxylation is 1. The minimum atomic E-state index is -0.319. The van der Waals surface area contributed by atoms with Crippen LogP contribution in [0, 0.1) is 6.92 Å². The first-order valence-corrected chi connectivity index (χ1v) is 6.02. The van der Waals surface area contributed by atoms with Gasteiger partial charge < -0.3 is 9.73 Å². The molecule has 0 aliphatic carbocycles. The second-order valence-electron chi connectivity index (χ2n) is 4.35. The monoisotopic (exact) mass is 254 g/mol. The number of amides is 1. The van der Waals surface area contributed by atoms with Gasteiger partial charge >= 0.3 is 0 Å². The van der Waals surface area contributed by atoms with E-state index in [9.17, 15) is 4.79 Å². The van der Waals surface area contributed by atoms with Crippen molar-refractivity contribution >= 4 is 5.91 Å². The summed E-state index contributed by atoms with van der Waals surface area (Å²) in [7, 11) is 3.96. The number of hydrogen-bond acceptors (Lipinski definition) is 5. The Hall–Kier alpha value is -1.37. The molecule has 0 unspecified atom stereocenters. The van der Waals surface area contributed by atoms with Crippen LogP contribution >= 0.6 is 0 Å². The Kier molecular flexibility index (Phi) is 5.84. The van der Waals surface area contributed by atoms with E-state index in [4.69, 9.17) is 10.3 Å². The van der Waals surface area contributed by atoms with Crippen molar-refractivity contribution in [1.82, 2.24) is 15.6 Å². The molecule has 0 saturated heterocycles. The average Bonchev–Trinajstić information content (AvgIpc) is 2.69. The number of nitrogens with zero attached hydrogens (tertiary/aromatic N) is 1. The summed E-state index contributed by atoms with van der Waals surface area (Å²) >= 11 is 0. The van der Waals surface area contributed by atoms with E-state index in [0.717, 1.165) is 25.3 Å². The summed E-state index contributed by atoms with van der Waals surface area (Å²) in [6.07, 6.45) is 1.07. The zero-order valence-corrected chi connectivity index (χ0v) is 11.2. The third-order valence-corrected chi connectivity index (χ3v) is 2.74. The highest BCUT2D eigenvalue weighted by molar-refractivity contribution is 5.94. The lowest BCUT2D eigenvalue weighted by atomic mass is 10.2. The summed E-state index contributed by atoms with van der Waals surface area (Å²) in [5.41, 5.74) is 2.61. The summed E-state index contributed by atoms with van der Waals surface area (Å²) in [5.74, 6) is 6.16. The Bertz CT molecular complexity index is 389. The SMILES string of the molecule is CNCCCN(C)Cc1cc(C(=O)NN)c(C)o1. The second-order valence-corrected chi connectivity index (χ2v) is 4.35. The maximum atomic E-state index is 11.4. The van der Waals surface area contributed by atoms with Gasteiger partial charge in [-0.25, -0.2) is 5.84 Å². The van der Waals surface area contributed by atoms with Crippen molar-refractivity contribution in [3.8, 4) is 0 Å². The molecule has 6 nitrogen and oxygen atoms in total. The van der Waals surface area contributed by atoms with Crippen LogP contribution in [-0.2, 0) is 6.54 Å². The van der Waals surface area contributed by atoms with Crippen molar-refractivity contribution < 1.29 is 9.21 Å². The van der Waals surface area contributed by atoms with Crippen LogP contribution in [0.25, 0.3) is 0 Å². The molecule has 0 fully saturated rings. The van der Waals surface area contributed by atoms with Crippen LogP contribution in [-0.4, -0.2) is 38.0 Å². The average molecular weight is 254 g/mol. The molecular formula is C12H22N4O2. The highest BCUT2D eigenvalue weighted by Gasteiger charge is 2.14. The molecule has 0 bridgehead atoms. The Morgan fingerprint density at radius 1 is 1.56 bits per heavy atom. The molecule has 0 radical (unpaired) electrons. The normalized spacial score (nSPS) is 10.9. The third kappa shape index (κ3) is 4.14. The lowest BCUT2D eigenvalue weighted by Gasteiger charge is -2.14. The zero-order chi connectivity index (χ0) is 13.5. The van der Waals surface area contributed by atoms with Crippen molar-refractivity contribution in [1.29, 1.82) is 0 Å². The molecule has 4 N–H and O–H groups in total. The van der Waals surface area contributed by atoms with Crippen molar-refractivity contribution in [2.45, 2.75) is 19.9 Å². The fraction of sp³-hybridized carbons (Fsp3) is 0.583. The predicted molar refractivity (Wildman–Crippen MR) is 70.0 cm³/mol. The van der Waals surface area contributed by atoms with Crippen molar-refractivity contribution in [2.24, 2.45) is 5.84 Å². The number of hydrogen-bond donors (Lipinski definition) is 3. The largest absolute Gasteiger partial charge is 0.464 e. The van der Waals surface area contributed by atoms with Crippen LogP contribution in [0.3, 0.4) is 0 Å². The number of nitrogens with two attached hydrogens (primary N) is 1. The van der Waals surface area contributed by atoms with Gasteiger partial charge in [-0.3, -0.25) is 15.1 Å². The lowest BCUT2D eigenvalue weighted by Crippen LogP contribution is -2.30. The van der Waals surface area contributed by atoms with Crippen molar-refractivity contribution in [3.63, 3.8) is 0 Å². The van der Waals surface area contributed by atoms with Gasteiger partial charge in [0, 0.05) is 0 Å². The van der Waals surface area contributed by atoms with Gasteiger partial charge in [-0.15, -0.1) is 0 Å². The van der Waals surface area contributed by atoms with Crippen LogP contribution in [0.1, 0.15) is 28.3 Å². The summed E-state index contributed by atoms with van der Waals surface area (Å²) in [6, 6.07) is 1.74. The standard InChI is InChI=1S/C12H22N4O2/c1-9-11(12(17)15-13)7-10(18-9)8-16(3)6-4-5-14-2/h7,14H,4-6,8,13H2,1-3H3,(H,15,17). The molecule has 0 aliphatic rings. The Morgan fingerprint density at radius 3 is 2.89 bits per heavy atom. The summed E-state index contributed by atoms with van der Waals surface area (Å²) in [6.45, 7) is 4.40. The smallest absolute Gasteiger partial charge is 0.268 e. The van der Waals surface area contributed by atoms with E-state index in [0.29, 0.717) is 17.9 Å². The summed E-state index contributed by atoms with van der Waals surface area (Å²) in [4.78, 5) is 13.6. The van der Waals surface area contributed by atoms with E-state index in [1.54, 1.807) is 13.0 Å². The van der Waals surface area contributed by atoms with Crippen LogP contribution in [0.15, 0.2) is 10.5 Å². The van der Waals surface area contributed by atoms with Gasteiger partial charge in [0.15, 0.2) is 0 Å². The van der Waals surface area contributed by atoms with Gasteiger partial charge in [-0.2, -0.15) is 0 Å². The molecular weight excluding hydrogens is 232 g/mol. The zero-order valence-electron chi connectivity index (χ0n) is 11.2. The Morgan fingerprint density at radius 2 is 2.28 bits per heavy atom. The molecule has 1 heterocycles. The van der Waals surface area contributed by atoms with E-state index in [2.05, 4.69) is 15.6 Å². The van der Waals surface area contributed by atoms with Gasteiger partial charge in [0.25, 0.3) is 5.91 Å². The highest BCUT2D eigenvalue weighted by atomic mass is 16.3. The highest BCUT2D eigenvalue weighted by Crippen LogP contribution is 2.15. The van der Waals surface area contributed by atoms with Gasteiger partial charge in [0.05, 0.1) is 12.1 Å². The first-order valence-electron chi connectivity index (χ1n) is 6.02. The molecule has 1 aromatic rings. The lowest BCUT2D eigenvalue weighted by molar-refractivity contribution is 0.0952. The van der Waals surface area contributed by atoms with Gasteiger partial charge in [0.1, 0.15) is 11.5 Å². The maximum Gasteiger partial charge on any atom is 0.268 e. The molecule has 0 aromatic carbocycles. The quantitative estimate of drug-likeness (QED) is 0.281. The topological polar surface area (TPSA) is 83.5 Å². The number of carbonyl (C=O) groups is 1. The number of furan rings is 1. The molecule has 102 valence electrons. The molecule has 1 aromatic heterocycles. The molecule has 0 aliphatic heterocycles. The van der Waals surface area contributed by atoms with Gasteiger partial charge in [0.2, 0.25) is 0 Å². The maximum absolute atomic E-state index is 11.4. The second kappa shape index (κ2) is 7.15. The molecule has 18 heavy (non-hydrogen) atoms. The fourth-order valence-corrected chi connectivity index (χ4v) is 1.80. The number of nitrogen functional groups attached to an aromatic ring is 1. The van der Waals surface area contributed by atoms with E-state index < -0.39 is 0 Å².